The van der Waals surface area contributed by atoms with Crippen molar-refractivity contribution in [2.24, 2.45) is 5.92 Å². The molecule has 0 saturated heterocycles. The highest BCUT2D eigenvalue weighted by atomic mass is 19.3. The van der Waals surface area contributed by atoms with Crippen LogP contribution >= 0.6 is 0 Å². The molecule has 1 unspecified atom stereocenters. The second-order valence-electron chi connectivity index (χ2n) is 7.28. The predicted octanol–water partition coefficient (Wildman–Crippen LogP) is 4.39. The van der Waals surface area contributed by atoms with Crippen molar-refractivity contribution >= 4 is 28.9 Å². The quantitative estimate of drug-likeness (QED) is 0.371. The summed E-state index contributed by atoms with van der Waals surface area (Å²) in [4.78, 5) is 29.6. The Balaban J connectivity index is 1.76. The lowest BCUT2D eigenvalue weighted by Crippen LogP contribution is -2.38. The minimum absolute atomic E-state index is 0.0996. The van der Waals surface area contributed by atoms with Gasteiger partial charge in [-0.05, 0) is 31.2 Å². The maximum Gasteiger partial charge on any atom is 0.270 e. The number of alkyl halides is 2. The molecule has 0 aliphatic carbocycles. The Labute approximate surface area is 182 Å². The highest BCUT2D eigenvalue weighted by Gasteiger charge is 2.30. The Bertz CT molecular complexity index is 1170. The zero-order chi connectivity index (χ0) is 23.5. The van der Waals surface area contributed by atoms with Crippen molar-refractivity contribution in [1.29, 1.82) is 5.41 Å². The molecule has 1 heterocycles. The lowest BCUT2D eigenvalue weighted by Gasteiger charge is -2.17. The third-order valence-electron chi connectivity index (χ3n) is 4.51. The van der Waals surface area contributed by atoms with Gasteiger partial charge in [-0.1, -0.05) is 29.4 Å². The Morgan fingerprint density at radius 2 is 1.66 bits per heavy atom. The molecule has 32 heavy (non-hydrogen) atoms. The van der Waals surface area contributed by atoms with Gasteiger partial charge in [-0.3, -0.25) is 9.59 Å². The summed E-state index contributed by atoms with van der Waals surface area (Å²) >= 11 is 0. The van der Waals surface area contributed by atoms with Crippen molar-refractivity contribution in [2.45, 2.75) is 26.7 Å². The summed E-state index contributed by atoms with van der Waals surface area (Å²) in [5, 5.41) is 16.7. The van der Waals surface area contributed by atoms with Gasteiger partial charge in [0.15, 0.2) is 5.92 Å². The molecule has 3 rings (SSSR count). The van der Waals surface area contributed by atoms with Crippen molar-refractivity contribution < 1.29 is 22.9 Å². The van der Waals surface area contributed by atoms with Crippen molar-refractivity contribution in [3.05, 3.63) is 60.0 Å². The third-order valence-corrected chi connectivity index (χ3v) is 4.51. The van der Waals surface area contributed by atoms with E-state index in [2.05, 4.69) is 20.8 Å². The Morgan fingerprint density at radius 1 is 1.06 bits per heavy atom. The molecule has 2 aromatic carbocycles. The molecular formula is C22H21F2N5O3. The molecule has 0 aliphatic heterocycles. The molecular weight excluding hydrogens is 420 g/mol. The van der Waals surface area contributed by atoms with Crippen molar-refractivity contribution in [1.82, 2.24) is 10.1 Å². The van der Waals surface area contributed by atoms with Crippen LogP contribution in [-0.4, -0.2) is 27.7 Å². The fourth-order valence-electron chi connectivity index (χ4n) is 2.96. The van der Waals surface area contributed by atoms with Crippen LogP contribution in [0.2, 0.25) is 0 Å². The molecule has 1 aromatic heterocycles. The number of halogens is 2. The number of carbonyl (C=O) groups excluding carboxylic acids is 2. The highest BCUT2D eigenvalue weighted by molar-refractivity contribution is 6.24. The van der Waals surface area contributed by atoms with Gasteiger partial charge >= 0.3 is 0 Å². The molecule has 0 aliphatic rings. The van der Waals surface area contributed by atoms with E-state index < -0.39 is 23.7 Å². The summed E-state index contributed by atoms with van der Waals surface area (Å²) in [5.41, 5.74) is 0.562. The zero-order valence-electron chi connectivity index (χ0n) is 17.6. The van der Waals surface area contributed by atoms with Gasteiger partial charge in [0, 0.05) is 42.1 Å². The molecule has 0 fully saturated rings. The third kappa shape index (κ3) is 5.39. The van der Waals surface area contributed by atoms with Crippen molar-refractivity contribution in [2.75, 3.05) is 10.6 Å². The van der Waals surface area contributed by atoms with Crippen LogP contribution in [0, 0.1) is 18.3 Å². The number of anilines is 2. The molecule has 3 N–H and O–H groups in total. The van der Waals surface area contributed by atoms with Crippen LogP contribution in [0.15, 0.2) is 53.1 Å². The average Bonchev–Trinajstić information content (AvgIpc) is 3.14. The van der Waals surface area contributed by atoms with Gasteiger partial charge in [0.2, 0.25) is 23.5 Å². The number of amides is 2. The molecule has 8 nitrogen and oxygen atoms in total. The summed E-state index contributed by atoms with van der Waals surface area (Å²) < 4.78 is 32.1. The Hall–Kier alpha value is -3.95. The number of rotatable bonds is 7. The summed E-state index contributed by atoms with van der Waals surface area (Å²) in [6.07, 6.45) is 0. The normalized spacial score (nSPS) is 12.2. The number of aryl methyl sites for hydroxylation is 1. The fraction of sp³-hybridized carbons (Fsp3) is 0.227. The van der Waals surface area contributed by atoms with E-state index in [0.29, 0.717) is 23.0 Å². The van der Waals surface area contributed by atoms with Gasteiger partial charge < -0.3 is 20.6 Å². The first-order valence-corrected chi connectivity index (χ1v) is 9.60. The topological polar surface area (TPSA) is 121 Å². The molecule has 10 heteroatoms. The lowest BCUT2D eigenvalue weighted by atomic mass is 10.0. The first-order chi connectivity index (χ1) is 15.0. The second-order valence-corrected chi connectivity index (χ2v) is 7.28. The summed E-state index contributed by atoms with van der Waals surface area (Å²) in [6, 6.07) is 11.8. The number of hydrogen-bond acceptors (Lipinski definition) is 6. The molecule has 166 valence electrons. The van der Waals surface area contributed by atoms with E-state index in [1.165, 1.54) is 25.1 Å². The molecule has 0 bridgehead atoms. The molecule has 1 atom stereocenters. The molecule has 2 amide bonds. The predicted molar refractivity (Wildman–Crippen MR) is 115 cm³/mol. The maximum absolute atomic E-state index is 13.6. The van der Waals surface area contributed by atoms with Crippen LogP contribution in [0.4, 0.5) is 20.2 Å². The molecule has 0 spiro atoms. The van der Waals surface area contributed by atoms with Crippen LogP contribution in [0.3, 0.4) is 0 Å². The Morgan fingerprint density at radius 3 is 2.19 bits per heavy atom. The lowest BCUT2D eigenvalue weighted by molar-refractivity contribution is -0.126. The van der Waals surface area contributed by atoms with E-state index in [1.54, 1.807) is 31.2 Å². The SMILES string of the molecule is CC(=N)C(C(=O)Nc1cccc(-c2noc(C)n2)c1)C(=O)Nc1cccc(C(C)(F)F)c1. The van der Waals surface area contributed by atoms with Gasteiger partial charge in [0.05, 0.1) is 0 Å². The minimum atomic E-state index is -3.09. The first-order valence-electron chi connectivity index (χ1n) is 9.60. The molecule has 0 radical (unpaired) electrons. The van der Waals surface area contributed by atoms with E-state index in [4.69, 9.17) is 9.93 Å². The zero-order valence-corrected chi connectivity index (χ0v) is 17.6. The monoisotopic (exact) mass is 441 g/mol. The van der Waals surface area contributed by atoms with Gasteiger partial charge in [-0.2, -0.15) is 4.98 Å². The molecule has 3 aromatic rings. The van der Waals surface area contributed by atoms with Crippen LogP contribution in [0.1, 0.15) is 25.3 Å². The largest absolute Gasteiger partial charge is 0.339 e. The first kappa shape index (κ1) is 22.7. The van der Waals surface area contributed by atoms with Crippen LogP contribution in [0.5, 0.6) is 0 Å². The van der Waals surface area contributed by atoms with Crippen LogP contribution in [-0.2, 0) is 15.5 Å². The maximum atomic E-state index is 13.6. The highest BCUT2D eigenvalue weighted by Crippen LogP contribution is 2.29. The van der Waals surface area contributed by atoms with Crippen LogP contribution < -0.4 is 10.6 Å². The summed E-state index contributed by atoms with van der Waals surface area (Å²) in [7, 11) is 0. The van der Waals surface area contributed by atoms with Gasteiger partial charge in [-0.25, -0.2) is 8.78 Å². The summed E-state index contributed by atoms with van der Waals surface area (Å²) in [5.74, 6) is -5.38. The van der Waals surface area contributed by atoms with Crippen molar-refractivity contribution in [3.8, 4) is 11.4 Å². The van der Waals surface area contributed by atoms with E-state index >= 15 is 0 Å². The van der Waals surface area contributed by atoms with Crippen LogP contribution in [0.25, 0.3) is 11.4 Å². The second kappa shape index (κ2) is 9.04. The molecule has 0 saturated carbocycles. The number of carbonyl (C=O) groups is 2. The summed E-state index contributed by atoms with van der Waals surface area (Å²) in [6.45, 7) is 3.71. The number of aromatic nitrogens is 2. The van der Waals surface area contributed by atoms with E-state index in [-0.39, 0.29) is 17.0 Å². The van der Waals surface area contributed by atoms with Crippen molar-refractivity contribution in [3.63, 3.8) is 0 Å². The standard InChI is InChI=1S/C22H21F2N5O3/c1-12(25)18(21(31)28-17-9-5-7-15(11-17)22(3,23)24)20(30)27-16-8-4-6-14(10-16)19-26-13(2)32-29-19/h4-11,18,25H,1-3H3,(H,27,30)(H,28,31). The Kier molecular flexibility index (Phi) is 6.42. The number of nitrogens with zero attached hydrogens (tertiary/aromatic N) is 2. The van der Waals surface area contributed by atoms with E-state index in [0.717, 1.165) is 13.0 Å². The van der Waals surface area contributed by atoms with Gasteiger partial charge in [0.25, 0.3) is 5.92 Å². The minimum Gasteiger partial charge on any atom is -0.339 e. The number of benzene rings is 2. The van der Waals surface area contributed by atoms with E-state index in [1.807, 2.05) is 0 Å². The smallest absolute Gasteiger partial charge is 0.270 e. The number of hydrogen-bond donors (Lipinski definition) is 3. The fourth-order valence-corrected chi connectivity index (χ4v) is 2.96. The van der Waals surface area contributed by atoms with E-state index in [9.17, 15) is 18.4 Å². The number of nitrogens with one attached hydrogen (secondary N) is 3. The van der Waals surface area contributed by atoms with Gasteiger partial charge in [-0.15, -0.1) is 0 Å². The average molecular weight is 441 g/mol. The van der Waals surface area contributed by atoms with Gasteiger partial charge in [0.1, 0.15) is 0 Å².